The van der Waals surface area contributed by atoms with Gasteiger partial charge in [0.15, 0.2) is 5.82 Å². The summed E-state index contributed by atoms with van der Waals surface area (Å²) in [6, 6.07) is 11.3. The van der Waals surface area contributed by atoms with Crippen LogP contribution in [0.2, 0.25) is 0 Å². The smallest absolute Gasteiger partial charge is 0.153 e. The van der Waals surface area contributed by atoms with Gasteiger partial charge < -0.3 is 16.0 Å². The van der Waals surface area contributed by atoms with Crippen molar-refractivity contribution in [2.45, 2.75) is 31.2 Å². The van der Waals surface area contributed by atoms with E-state index in [4.69, 9.17) is 10.7 Å². The normalized spacial score (nSPS) is 30.5. The highest BCUT2D eigenvalue weighted by molar-refractivity contribution is 5.90. The lowest BCUT2D eigenvalue weighted by Gasteiger charge is -2.43. The van der Waals surface area contributed by atoms with E-state index in [0.717, 1.165) is 33.8 Å². The van der Waals surface area contributed by atoms with Gasteiger partial charge in [-0.25, -0.2) is 4.98 Å². The molecule has 6 nitrogen and oxygen atoms in total. The first-order chi connectivity index (χ1) is 13.8. The number of nitrogen functional groups attached to an aromatic ring is 1. The van der Waals surface area contributed by atoms with Crippen LogP contribution in [0.1, 0.15) is 42.3 Å². The zero-order valence-electron chi connectivity index (χ0n) is 15.4. The van der Waals surface area contributed by atoms with E-state index in [2.05, 4.69) is 50.8 Å². The van der Waals surface area contributed by atoms with Crippen LogP contribution in [0.3, 0.4) is 0 Å². The number of rotatable bonds is 1. The SMILES string of the molecule is Nc1n[nH]c2ccc([C@@H]3Nc4ccc5[nH]cnc5c4[C@H]4C5CC[C@@H](C5)[C@@H]34)cc12. The predicted molar refractivity (Wildman–Crippen MR) is 110 cm³/mol. The van der Waals surface area contributed by atoms with Crippen LogP contribution in [0.15, 0.2) is 36.7 Å². The summed E-state index contributed by atoms with van der Waals surface area (Å²) < 4.78 is 0. The van der Waals surface area contributed by atoms with Crippen LogP contribution in [0, 0.1) is 17.8 Å². The Kier molecular flexibility index (Phi) is 2.71. The highest BCUT2D eigenvalue weighted by Crippen LogP contribution is 2.64. The molecule has 0 saturated heterocycles. The lowest BCUT2D eigenvalue weighted by Crippen LogP contribution is -2.35. The fourth-order valence-corrected chi connectivity index (χ4v) is 6.55. The average Bonchev–Trinajstić information content (AvgIpc) is 3.51. The maximum atomic E-state index is 6.09. The van der Waals surface area contributed by atoms with E-state index in [1.165, 1.54) is 36.1 Å². The molecule has 0 spiro atoms. The Hall–Kier alpha value is -3.02. The van der Waals surface area contributed by atoms with Crippen LogP contribution in [0.5, 0.6) is 0 Å². The molecule has 6 heteroatoms. The summed E-state index contributed by atoms with van der Waals surface area (Å²) in [7, 11) is 0. The number of benzene rings is 2. The number of imidazole rings is 1. The largest absolute Gasteiger partial charge is 0.382 e. The first kappa shape index (κ1) is 15.0. The zero-order chi connectivity index (χ0) is 18.4. The van der Waals surface area contributed by atoms with Gasteiger partial charge in [0.25, 0.3) is 0 Å². The Morgan fingerprint density at radius 2 is 1.93 bits per heavy atom. The second kappa shape index (κ2) is 5.07. The third-order valence-corrected chi connectivity index (χ3v) is 7.62. The summed E-state index contributed by atoms with van der Waals surface area (Å²) in [6.45, 7) is 0. The summed E-state index contributed by atoms with van der Waals surface area (Å²) in [5.41, 5.74) is 13.4. The van der Waals surface area contributed by atoms with Gasteiger partial charge in [-0.1, -0.05) is 6.07 Å². The van der Waals surface area contributed by atoms with Gasteiger partial charge in [-0.05, 0) is 72.8 Å². The Bertz CT molecular complexity index is 1240. The Morgan fingerprint density at radius 1 is 1.04 bits per heavy atom. The molecule has 2 aliphatic carbocycles. The molecular formula is C22H22N6. The molecule has 2 fully saturated rings. The Labute approximate surface area is 161 Å². The van der Waals surface area contributed by atoms with Gasteiger partial charge >= 0.3 is 0 Å². The molecule has 1 aliphatic heterocycles. The molecule has 2 aromatic carbocycles. The number of nitrogens with one attached hydrogen (secondary N) is 3. The molecular weight excluding hydrogens is 348 g/mol. The zero-order valence-corrected chi connectivity index (χ0v) is 15.4. The molecule has 7 rings (SSSR count). The first-order valence-corrected chi connectivity index (χ1v) is 10.2. The number of aromatic amines is 2. The van der Waals surface area contributed by atoms with Crippen molar-refractivity contribution in [2.75, 3.05) is 11.1 Å². The van der Waals surface area contributed by atoms with Gasteiger partial charge in [0.1, 0.15) is 0 Å². The van der Waals surface area contributed by atoms with Gasteiger partial charge in [0, 0.05) is 16.6 Å². The first-order valence-electron chi connectivity index (χ1n) is 10.2. The van der Waals surface area contributed by atoms with Gasteiger partial charge in [-0.15, -0.1) is 0 Å². The second-order valence-electron chi connectivity index (χ2n) is 8.80. The number of anilines is 2. The summed E-state index contributed by atoms with van der Waals surface area (Å²) >= 11 is 0. The number of nitrogens with zero attached hydrogens (tertiary/aromatic N) is 2. The van der Waals surface area contributed by atoms with Crippen molar-refractivity contribution >= 4 is 33.4 Å². The number of aromatic nitrogens is 4. The highest BCUT2D eigenvalue weighted by atomic mass is 15.1. The summed E-state index contributed by atoms with van der Waals surface area (Å²) in [5, 5.41) is 12.1. The molecule has 3 aliphatic rings. The van der Waals surface area contributed by atoms with Crippen LogP contribution in [-0.4, -0.2) is 20.2 Å². The van der Waals surface area contributed by atoms with E-state index in [-0.39, 0.29) is 0 Å². The third kappa shape index (κ3) is 1.78. The predicted octanol–water partition coefficient (Wildman–Crippen LogP) is 4.32. The minimum atomic E-state index is 0.308. The number of H-pyrrole nitrogens is 2. The van der Waals surface area contributed by atoms with Crippen LogP contribution >= 0.6 is 0 Å². The number of nitrogens with two attached hydrogens (primary N) is 1. The van der Waals surface area contributed by atoms with Gasteiger partial charge in [-0.3, -0.25) is 5.10 Å². The van der Waals surface area contributed by atoms with Crippen molar-refractivity contribution in [3.8, 4) is 0 Å². The molecule has 28 heavy (non-hydrogen) atoms. The van der Waals surface area contributed by atoms with Crippen molar-refractivity contribution in [2.24, 2.45) is 17.8 Å². The lowest BCUT2D eigenvalue weighted by molar-refractivity contribution is 0.249. The molecule has 2 saturated carbocycles. The van der Waals surface area contributed by atoms with Gasteiger partial charge in [0.05, 0.1) is 28.9 Å². The van der Waals surface area contributed by atoms with Crippen molar-refractivity contribution in [1.29, 1.82) is 0 Å². The van der Waals surface area contributed by atoms with Crippen molar-refractivity contribution < 1.29 is 0 Å². The number of fused-ring (bicyclic) bond motifs is 10. The molecule has 0 radical (unpaired) electrons. The molecule has 0 amide bonds. The summed E-state index contributed by atoms with van der Waals surface area (Å²) in [4.78, 5) is 7.99. The standard InChI is InChI=1S/C22H22N6/c23-22-13-8-12(3-4-14(13)27-28-22)20-18-11-2-1-10(7-11)17(18)19-15(26-20)5-6-16-21(19)25-9-24-16/h3-6,8-11,17-18,20,26H,1-2,7H2,(H,24,25)(H3,23,27,28)/t10?,11-,17-,18+,20-/m0/s1. The number of hydrogen-bond donors (Lipinski definition) is 4. The van der Waals surface area contributed by atoms with E-state index in [0.29, 0.717) is 23.7 Å². The van der Waals surface area contributed by atoms with Crippen LogP contribution < -0.4 is 11.1 Å². The molecule has 3 heterocycles. The monoisotopic (exact) mass is 370 g/mol. The van der Waals surface area contributed by atoms with Crippen LogP contribution in [-0.2, 0) is 0 Å². The van der Waals surface area contributed by atoms with Gasteiger partial charge in [-0.2, -0.15) is 5.10 Å². The molecule has 4 aromatic rings. The second-order valence-corrected chi connectivity index (χ2v) is 8.80. The highest BCUT2D eigenvalue weighted by Gasteiger charge is 2.54. The summed E-state index contributed by atoms with van der Waals surface area (Å²) in [5.74, 6) is 3.34. The molecule has 5 atom stereocenters. The van der Waals surface area contributed by atoms with Crippen molar-refractivity contribution in [3.63, 3.8) is 0 Å². The van der Waals surface area contributed by atoms with E-state index >= 15 is 0 Å². The maximum absolute atomic E-state index is 6.09. The Balaban J connectivity index is 1.44. The lowest BCUT2D eigenvalue weighted by atomic mass is 9.67. The van der Waals surface area contributed by atoms with E-state index in [9.17, 15) is 0 Å². The molecule has 5 N–H and O–H groups in total. The van der Waals surface area contributed by atoms with E-state index < -0.39 is 0 Å². The maximum Gasteiger partial charge on any atom is 0.153 e. The van der Waals surface area contributed by atoms with Crippen LogP contribution in [0.4, 0.5) is 11.5 Å². The average molecular weight is 370 g/mol. The van der Waals surface area contributed by atoms with E-state index in [1.807, 2.05) is 6.33 Å². The Morgan fingerprint density at radius 3 is 2.89 bits per heavy atom. The fraction of sp³-hybridized carbons (Fsp3) is 0.364. The molecule has 2 bridgehead atoms. The number of hydrogen-bond acceptors (Lipinski definition) is 4. The summed E-state index contributed by atoms with van der Waals surface area (Å²) in [6.07, 6.45) is 5.89. The van der Waals surface area contributed by atoms with Crippen molar-refractivity contribution in [3.05, 3.63) is 47.8 Å². The molecule has 140 valence electrons. The molecule has 2 aromatic heterocycles. The van der Waals surface area contributed by atoms with Crippen molar-refractivity contribution in [1.82, 2.24) is 20.2 Å². The topological polar surface area (TPSA) is 95.4 Å². The third-order valence-electron chi connectivity index (χ3n) is 7.62. The van der Waals surface area contributed by atoms with Crippen LogP contribution in [0.25, 0.3) is 21.9 Å². The molecule has 1 unspecified atom stereocenters. The minimum absolute atomic E-state index is 0.308. The fourth-order valence-electron chi connectivity index (χ4n) is 6.55. The quantitative estimate of drug-likeness (QED) is 0.401. The van der Waals surface area contributed by atoms with Gasteiger partial charge in [0.2, 0.25) is 0 Å². The minimum Gasteiger partial charge on any atom is -0.382 e. The van der Waals surface area contributed by atoms with E-state index in [1.54, 1.807) is 0 Å².